The Labute approximate surface area is 112 Å². The van der Waals surface area contributed by atoms with Gasteiger partial charge in [-0.1, -0.05) is 0 Å². The van der Waals surface area contributed by atoms with Gasteiger partial charge in [-0.2, -0.15) is 13.2 Å². The SMILES string of the molecule is COCCCn1c(Cl)nc2ccc(C(F)(F)F)cc21. The molecule has 1 heterocycles. The summed E-state index contributed by atoms with van der Waals surface area (Å²) in [6.07, 6.45) is -3.72. The minimum Gasteiger partial charge on any atom is -0.385 e. The van der Waals surface area contributed by atoms with Gasteiger partial charge in [0.25, 0.3) is 0 Å². The summed E-state index contributed by atoms with van der Waals surface area (Å²) in [6.45, 7) is 0.972. The van der Waals surface area contributed by atoms with E-state index in [1.807, 2.05) is 0 Å². The van der Waals surface area contributed by atoms with Gasteiger partial charge >= 0.3 is 6.18 Å². The maximum absolute atomic E-state index is 12.7. The minimum atomic E-state index is -4.37. The molecule has 0 unspecified atom stereocenters. The topological polar surface area (TPSA) is 27.1 Å². The quantitative estimate of drug-likeness (QED) is 0.803. The zero-order chi connectivity index (χ0) is 14.0. The van der Waals surface area contributed by atoms with E-state index < -0.39 is 11.7 Å². The van der Waals surface area contributed by atoms with E-state index in [-0.39, 0.29) is 5.28 Å². The number of aryl methyl sites for hydroxylation is 1. The number of methoxy groups -OCH3 is 1. The van der Waals surface area contributed by atoms with Crippen LogP contribution in [-0.2, 0) is 17.5 Å². The Morgan fingerprint density at radius 2 is 2.11 bits per heavy atom. The van der Waals surface area contributed by atoms with Crippen LogP contribution in [-0.4, -0.2) is 23.3 Å². The number of imidazole rings is 1. The Bertz CT molecular complexity index is 580. The maximum Gasteiger partial charge on any atom is 0.416 e. The summed E-state index contributed by atoms with van der Waals surface area (Å²) < 4.78 is 44.5. The molecule has 0 saturated heterocycles. The molecule has 0 atom stereocenters. The van der Waals surface area contributed by atoms with Crippen molar-refractivity contribution < 1.29 is 17.9 Å². The smallest absolute Gasteiger partial charge is 0.385 e. The van der Waals surface area contributed by atoms with E-state index in [1.54, 1.807) is 11.7 Å². The third-order valence-electron chi connectivity index (χ3n) is 2.76. The highest BCUT2D eigenvalue weighted by atomic mass is 35.5. The lowest BCUT2D eigenvalue weighted by atomic mass is 10.2. The molecule has 104 valence electrons. The van der Waals surface area contributed by atoms with Gasteiger partial charge in [0.1, 0.15) is 0 Å². The van der Waals surface area contributed by atoms with Crippen LogP contribution in [0.1, 0.15) is 12.0 Å². The molecule has 1 aromatic carbocycles. The van der Waals surface area contributed by atoms with Crippen LogP contribution in [0.5, 0.6) is 0 Å². The second-order valence-corrected chi connectivity index (χ2v) is 4.42. The molecular formula is C12H12ClF3N2O. The molecule has 0 amide bonds. The van der Waals surface area contributed by atoms with Crippen molar-refractivity contribution in [1.29, 1.82) is 0 Å². The number of rotatable bonds is 4. The van der Waals surface area contributed by atoms with Crippen molar-refractivity contribution in [3.63, 3.8) is 0 Å². The molecule has 0 spiro atoms. The Morgan fingerprint density at radius 1 is 1.37 bits per heavy atom. The summed E-state index contributed by atoms with van der Waals surface area (Å²) in [7, 11) is 1.56. The fourth-order valence-electron chi connectivity index (χ4n) is 1.85. The minimum absolute atomic E-state index is 0.186. The van der Waals surface area contributed by atoms with Crippen LogP contribution in [0.2, 0.25) is 5.28 Å². The van der Waals surface area contributed by atoms with E-state index in [9.17, 15) is 13.2 Å². The predicted octanol–water partition coefficient (Wildman–Crippen LogP) is 3.75. The predicted molar refractivity (Wildman–Crippen MR) is 66.2 cm³/mol. The molecule has 0 radical (unpaired) electrons. The van der Waals surface area contributed by atoms with E-state index in [2.05, 4.69) is 4.98 Å². The van der Waals surface area contributed by atoms with Crippen molar-refractivity contribution in [3.05, 3.63) is 29.0 Å². The molecule has 0 saturated carbocycles. The van der Waals surface area contributed by atoms with Gasteiger partial charge in [-0.15, -0.1) is 0 Å². The number of halogens is 4. The molecule has 0 aliphatic heterocycles. The molecule has 3 nitrogen and oxygen atoms in total. The number of nitrogens with zero attached hydrogens (tertiary/aromatic N) is 2. The first-order valence-electron chi connectivity index (χ1n) is 5.65. The highest BCUT2D eigenvalue weighted by molar-refractivity contribution is 6.29. The van der Waals surface area contributed by atoms with Crippen molar-refractivity contribution in [1.82, 2.24) is 9.55 Å². The van der Waals surface area contributed by atoms with Crippen molar-refractivity contribution >= 4 is 22.6 Å². The largest absolute Gasteiger partial charge is 0.416 e. The summed E-state index contributed by atoms with van der Waals surface area (Å²) in [6, 6.07) is 3.41. The number of aromatic nitrogens is 2. The molecule has 2 rings (SSSR count). The lowest BCUT2D eigenvalue weighted by molar-refractivity contribution is -0.137. The van der Waals surface area contributed by atoms with Crippen LogP contribution in [0.15, 0.2) is 18.2 Å². The Morgan fingerprint density at radius 3 is 2.74 bits per heavy atom. The third-order valence-corrected chi connectivity index (χ3v) is 3.05. The highest BCUT2D eigenvalue weighted by Gasteiger charge is 2.31. The molecule has 0 aliphatic rings. The number of hydrogen-bond donors (Lipinski definition) is 0. The Balaban J connectivity index is 2.41. The van der Waals surface area contributed by atoms with Crippen LogP contribution in [0.3, 0.4) is 0 Å². The molecule has 19 heavy (non-hydrogen) atoms. The Hall–Kier alpha value is -1.27. The maximum atomic E-state index is 12.7. The van der Waals surface area contributed by atoms with E-state index in [4.69, 9.17) is 16.3 Å². The van der Waals surface area contributed by atoms with Crippen molar-refractivity contribution in [3.8, 4) is 0 Å². The van der Waals surface area contributed by atoms with Gasteiger partial charge in [0, 0.05) is 20.3 Å². The molecule has 0 N–H and O–H groups in total. The first kappa shape index (κ1) is 14.1. The number of fused-ring (bicyclic) bond motifs is 1. The van der Waals surface area contributed by atoms with Crippen molar-refractivity contribution in [2.75, 3.05) is 13.7 Å². The molecule has 0 bridgehead atoms. The molecular weight excluding hydrogens is 281 g/mol. The lowest BCUT2D eigenvalue weighted by Crippen LogP contribution is -2.06. The van der Waals surface area contributed by atoms with Gasteiger partial charge in [-0.3, -0.25) is 0 Å². The fraction of sp³-hybridized carbons (Fsp3) is 0.417. The lowest BCUT2D eigenvalue weighted by Gasteiger charge is -2.08. The second kappa shape index (κ2) is 5.38. The molecule has 0 aliphatic carbocycles. The highest BCUT2D eigenvalue weighted by Crippen LogP contribution is 2.32. The molecule has 7 heteroatoms. The van der Waals surface area contributed by atoms with Gasteiger partial charge in [-0.05, 0) is 36.2 Å². The van der Waals surface area contributed by atoms with Gasteiger partial charge in [-0.25, -0.2) is 4.98 Å². The summed E-state index contributed by atoms with van der Waals surface area (Å²) in [5, 5.41) is 0.186. The van der Waals surface area contributed by atoms with Crippen LogP contribution in [0.25, 0.3) is 11.0 Å². The standard InChI is InChI=1S/C12H12ClF3N2O/c1-19-6-2-5-18-10-7-8(12(14,15)16)3-4-9(10)17-11(18)13/h3-4,7H,2,5-6H2,1H3. The number of ether oxygens (including phenoxy) is 1. The van der Waals surface area contributed by atoms with Gasteiger partial charge in [0.15, 0.2) is 0 Å². The van der Waals surface area contributed by atoms with Gasteiger partial charge in [0.05, 0.1) is 16.6 Å². The van der Waals surface area contributed by atoms with Crippen LogP contribution < -0.4 is 0 Å². The van der Waals surface area contributed by atoms with Gasteiger partial charge < -0.3 is 9.30 Å². The Kier molecular flexibility index (Phi) is 4.01. The number of hydrogen-bond acceptors (Lipinski definition) is 2. The number of benzene rings is 1. The second-order valence-electron chi connectivity index (χ2n) is 4.08. The van der Waals surface area contributed by atoms with Crippen molar-refractivity contribution in [2.45, 2.75) is 19.1 Å². The third kappa shape index (κ3) is 3.01. The summed E-state index contributed by atoms with van der Waals surface area (Å²) >= 11 is 5.94. The first-order chi connectivity index (χ1) is 8.93. The van der Waals surface area contributed by atoms with E-state index in [1.165, 1.54) is 6.07 Å². The van der Waals surface area contributed by atoms with E-state index in [0.29, 0.717) is 30.6 Å². The molecule has 1 aromatic heterocycles. The van der Waals surface area contributed by atoms with Crippen LogP contribution >= 0.6 is 11.6 Å². The summed E-state index contributed by atoms with van der Waals surface area (Å²) in [5.74, 6) is 0. The average Bonchev–Trinajstić information content (AvgIpc) is 2.64. The average molecular weight is 293 g/mol. The van der Waals surface area contributed by atoms with E-state index in [0.717, 1.165) is 12.1 Å². The fourth-order valence-corrected chi connectivity index (χ4v) is 2.12. The number of alkyl halides is 3. The zero-order valence-corrected chi connectivity index (χ0v) is 10.9. The molecule has 2 aromatic rings. The van der Waals surface area contributed by atoms with Crippen LogP contribution in [0.4, 0.5) is 13.2 Å². The summed E-state index contributed by atoms with van der Waals surface area (Å²) in [4.78, 5) is 4.04. The van der Waals surface area contributed by atoms with E-state index >= 15 is 0 Å². The molecule has 0 fully saturated rings. The van der Waals surface area contributed by atoms with Crippen molar-refractivity contribution in [2.24, 2.45) is 0 Å². The zero-order valence-electron chi connectivity index (χ0n) is 10.2. The summed E-state index contributed by atoms with van der Waals surface area (Å²) in [5.41, 5.74) is 0.135. The normalized spacial score (nSPS) is 12.3. The van der Waals surface area contributed by atoms with Gasteiger partial charge in [0.2, 0.25) is 5.28 Å². The first-order valence-corrected chi connectivity index (χ1v) is 6.03. The monoisotopic (exact) mass is 292 g/mol. The van der Waals surface area contributed by atoms with Crippen LogP contribution in [0, 0.1) is 0 Å².